The molecule has 0 saturated carbocycles. The quantitative estimate of drug-likeness (QED) is 0.795. The molecule has 1 amide bonds. The fraction of sp³-hybridized carbons (Fsp3) is 0.562. The molecule has 0 aliphatic carbocycles. The Kier molecular flexibility index (Phi) is 3.66. The smallest absolute Gasteiger partial charge is 0.253 e. The summed E-state index contributed by atoms with van der Waals surface area (Å²) < 4.78 is 0. The van der Waals surface area contributed by atoms with E-state index < -0.39 is 0 Å². The van der Waals surface area contributed by atoms with E-state index in [1.54, 1.807) is 0 Å². The molecule has 0 spiro atoms. The zero-order chi connectivity index (χ0) is 14.1. The Hall–Kier alpha value is -1.55. The second-order valence-electron chi connectivity index (χ2n) is 6.01. The number of hydrogen-bond acceptors (Lipinski definition) is 3. The predicted molar refractivity (Wildman–Crippen MR) is 80.7 cm³/mol. The van der Waals surface area contributed by atoms with Gasteiger partial charge in [-0.2, -0.15) is 0 Å². The third kappa shape index (κ3) is 2.52. The molecule has 2 aliphatic rings. The second-order valence-corrected chi connectivity index (χ2v) is 6.01. The molecule has 1 aromatic rings. The molecule has 4 nitrogen and oxygen atoms in total. The molecule has 3 rings (SSSR count). The number of nitrogens with zero attached hydrogens (tertiary/aromatic N) is 2. The van der Waals surface area contributed by atoms with Crippen molar-refractivity contribution in [2.24, 2.45) is 0 Å². The molecular weight excluding hydrogens is 250 g/mol. The van der Waals surface area contributed by atoms with E-state index in [0.29, 0.717) is 11.7 Å². The molecule has 2 aliphatic heterocycles. The van der Waals surface area contributed by atoms with Gasteiger partial charge in [-0.1, -0.05) is 6.07 Å². The van der Waals surface area contributed by atoms with Crippen molar-refractivity contribution in [3.05, 3.63) is 29.3 Å². The third-order valence-electron chi connectivity index (χ3n) is 4.62. The molecule has 0 aromatic heterocycles. The van der Waals surface area contributed by atoms with E-state index in [2.05, 4.69) is 4.90 Å². The maximum absolute atomic E-state index is 12.7. The Balaban J connectivity index is 1.77. The molecule has 2 fully saturated rings. The lowest BCUT2D eigenvalue weighted by Crippen LogP contribution is -2.39. The molecule has 1 aromatic carbocycles. The van der Waals surface area contributed by atoms with Crippen molar-refractivity contribution in [3.8, 4) is 0 Å². The largest absolute Gasteiger partial charge is 0.398 e. The highest BCUT2D eigenvalue weighted by Gasteiger charge is 2.30. The number of benzene rings is 1. The van der Waals surface area contributed by atoms with Crippen molar-refractivity contribution in [1.29, 1.82) is 0 Å². The van der Waals surface area contributed by atoms with E-state index >= 15 is 0 Å². The summed E-state index contributed by atoms with van der Waals surface area (Å²) in [5.74, 6) is 0.130. The number of anilines is 1. The molecule has 2 heterocycles. The first kappa shape index (κ1) is 13.4. The molecule has 20 heavy (non-hydrogen) atoms. The lowest BCUT2D eigenvalue weighted by Gasteiger charge is -2.26. The molecule has 1 unspecified atom stereocenters. The average molecular weight is 273 g/mol. The van der Waals surface area contributed by atoms with Crippen molar-refractivity contribution < 1.29 is 4.79 Å². The minimum absolute atomic E-state index is 0.130. The van der Waals surface area contributed by atoms with Crippen molar-refractivity contribution in [2.45, 2.75) is 32.2 Å². The number of rotatable bonds is 1. The molecular formula is C16H23N3O. The van der Waals surface area contributed by atoms with Crippen LogP contribution in [0.25, 0.3) is 0 Å². The van der Waals surface area contributed by atoms with Gasteiger partial charge in [0.15, 0.2) is 0 Å². The lowest BCUT2D eigenvalue weighted by molar-refractivity contribution is 0.0743. The average Bonchev–Trinajstić information content (AvgIpc) is 2.78. The zero-order valence-electron chi connectivity index (χ0n) is 12.1. The van der Waals surface area contributed by atoms with Crippen LogP contribution in [0.5, 0.6) is 0 Å². The Morgan fingerprint density at radius 1 is 1.25 bits per heavy atom. The number of carbonyl (C=O) groups is 1. The highest BCUT2D eigenvalue weighted by atomic mass is 16.2. The number of aryl methyl sites for hydroxylation is 1. The van der Waals surface area contributed by atoms with E-state index in [9.17, 15) is 4.79 Å². The van der Waals surface area contributed by atoms with Gasteiger partial charge in [0.25, 0.3) is 5.91 Å². The second kappa shape index (κ2) is 5.44. The van der Waals surface area contributed by atoms with Crippen LogP contribution in [-0.2, 0) is 0 Å². The van der Waals surface area contributed by atoms with Crippen molar-refractivity contribution in [1.82, 2.24) is 9.80 Å². The summed E-state index contributed by atoms with van der Waals surface area (Å²) >= 11 is 0. The van der Waals surface area contributed by atoms with Crippen LogP contribution >= 0.6 is 0 Å². The van der Waals surface area contributed by atoms with Gasteiger partial charge in [0.1, 0.15) is 0 Å². The fourth-order valence-electron chi connectivity index (χ4n) is 3.35. The topological polar surface area (TPSA) is 49.6 Å². The van der Waals surface area contributed by atoms with Crippen LogP contribution in [-0.4, -0.2) is 47.9 Å². The maximum atomic E-state index is 12.7. The molecule has 108 valence electrons. The van der Waals surface area contributed by atoms with Gasteiger partial charge in [-0.25, -0.2) is 0 Å². The van der Waals surface area contributed by atoms with Gasteiger partial charge in [0, 0.05) is 36.9 Å². The molecule has 0 bridgehead atoms. The first-order valence-corrected chi connectivity index (χ1v) is 7.54. The van der Waals surface area contributed by atoms with Gasteiger partial charge in [0.2, 0.25) is 0 Å². The van der Waals surface area contributed by atoms with Crippen LogP contribution in [0, 0.1) is 6.92 Å². The zero-order valence-corrected chi connectivity index (χ0v) is 12.1. The van der Waals surface area contributed by atoms with Crippen LogP contribution in [0.1, 0.15) is 35.2 Å². The highest BCUT2D eigenvalue weighted by Crippen LogP contribution is 2.23. The Bertz CT molecular complexity index is 514. The Morgan fingerprint density at radius 2 is 2.05 bits per heavy atom. The summed E-state index contributed by atoms with van der Waals surface area (Å²) in [6, 6.07) is 6.20. The minimum atomic E-state index is 0.130. The van der Waals surface area contributed by atoms with Crippen LogP contribution in [0.2, 0.25) is 0 Å². The van der Waals surface area contributed by atoms with Gasteiger partial charge < -0.3 is 10.6 Å². The molecule has 0 radical (unpaired) electrons. The van der Waals surface area contributed by atoms with E-state index in [1.165, 1.54) is 19.4 Å². The van der Waals surface area contributed by atoms with Crippen LogP contribution in [0.15, 0.2) is 18.2 Å². The number of nitrogen functional groups attached to an aromatic ring is 1. The summed E-state index contributed by atoms with van der Waals surface area (Å²) in [4.78, 5) is 17.2. The van der Waals surface area contributed by atoms with E-state index in [1.807, 2.05) is 30.0 Å². The van der Waals surface area contributed by atoms with E-state index in [-0.39, 0.29) is 5.91 Å². The number of hydrogen-bond donors (Lipinski definition) is 1. The number of fused-ring (bicyclic) bond motifs is 1. The number of nitrogens with two attached hydrogens (primary N) is 1. The van der Waals surface area contributed by atoms with Crippen molar-refractivity contribution in [2.75, 3.05) is 31.9 Å². The predicted octanol–water partition coefficient (Wildman–Crippen LogP) is 1.89. The highest BCUT2D eigenvalue weighted by molar-refractivity contribution is 5.95. The van der Waals surface area contributed by atoms with Crippen molar-refractivity contribution >= 4 is 11.6 Å². The van der Waals surface area contributed by atoms with E-state index in [0.717, 1.165) is 37.2 Å². The first-order chi connectivity index (χ1) is 9.65. The van der Waals surface area contributed by atoms with Crippen LogP contribution < -0.4 is 5.73 Å². The summed E-state index contributed by atoms with van der Waals surface area (Å²) in [7, 11) is 0. The van der Waals surface area contributed by atoms with Crippen molar-refractivity contribution in [3.63, 3.8) is 0 Å². The fourth-order valence-corrected chi connectivity index (χ4v) is 3.35. The third-order valence-corrected chi connectivity index (χ3v) is 4.62. The molecule has 2 N–H and O–H groups in total. The molecule has 2 saturated heterocycles. The SMILES string of the molecule is Cc1ccc(C(=O)N2CCCN3CCCC3C2)cc1N. The first-order valence-electron chi connectivity index (χ1n) is 7.54. The van der Waals surface area contributed by atoms with Gasteiger partial charge in [-0.05, 0) is 50.4 Å². The Morgan fingerprint density at radius 3 is 2.85 bits per heavy atom. The standard InChI is InChI=1S/C16H23N3O/c1-12-5-6-13(10-15(12)17)16(20)19-9-3-8-18-7-2-4-14(18)11-19/h5-6,10,14H,2-4,7-9,11,17H2,1H3. The monoisotopic (exact) mass is 273 g/mol. The van der Waals surface area contributed by atoms with Crippen LogP contribution in [0.4, 0.5) is 5.69 Å². The molecule has 4 heteroatoms. The summed E-state index contributed by atoms with van der Waals surface area (Å²) in [5.41, 5.74) is 8.38. The van der Waals surface area contributed by atoms with Gasteiger partial charge >= 0.3 is 0 Å². The number of carbonyl (C=O) groups excluding carboxylic acids is 1. The maximum Gasteiger partial charge on any atom is 0.253 e. The number of amides is 1. The molecule has 1 atom stereocenters. The summed E-state index contributed by atoms with van der Waals surface area (Å²) in [6.45, 7) is 6.02. The Labute approximate surface area is 120 Å². The normalized spacial score (nSPS) is 23.4. The van der Waals surface area contributed by atoms with Gasteiger partial charge in [-0.15, -0.1) is 0 Å². The summed E-state index contributed by atoms with van der Waals surface area (Å²) in [5, 5.41) is 0. The summed E-state index contributed by atoms with van der Waals surface area (Å²) in [6.07, 6.45) is 3.56. The van der Waals surface area contributed by atoms with Crippen LogP contribution in [0.3, 0.4) is 0 Å². The van der Waals surface area contributed by atoms with E-state index in [4.69, 9.17) is 5.73 Å². The minimum Gasteiger partial charge on any atom is -0.398 e. The lowest BCUT2D eigenvalue weighted by atomic mass is 10.1. The van der Waals surface area contributed by atoms with Gasteiger partial charge in [0.05, 0.1) is 0 Å². The van der Waals surface area contributed by atoms with Gasteiger partial charge in [-0.3, -0.25) is 9.69 Å².